The zero-order valence-corrected chi connectivity index (χ0v) is 12.2. The maximum absolute atomic E-state index is 11.7. The topological polar surface area (TPSA) is 98.2 Å². The van der Waals surface area contributed by atoms with Crippen molar-refractivity contribution in [3.05, 3.63) is 22.1 Å². The van der Waals surface area contributed by atoms with Gasteiger partial charge < -0.3 is 16.8 Å². The fourth-order valence-electron chi connectivity index (χ4n) is 1.53. The molecule has 1 amide bonds. The average Bonchev–Trinajstić information content (AvgIpc) is 2.65. The van der Waals surface area contributed by atoms with Crippen molar-refractivity contribution >= 4 is 33.7 Å². The van der Waals surface area contributed by atoms with Gasteiger partial charge in [0.15, 0.2) is 5.78 Å². The number of ketones is 1. The van der Waals surface area contributed by atoms with Gasteiger partial charge in [-0.15, -0.1) is 11.3 Å². The highest BCUT2D eigenvalue weighted by Crippen LogP contribution is 2.36. The Morgan fingerprint density at radius 3 is 2.47 bits per heavy atom. The molecule has 0 unspecified atom stereocenters. The summed E-state index contributed by atoms with van der Waals surface area (Å²) in [5, 5.41) is 3.63. The van der Waals surface area contributed by atoms with Crippen molar-refractivity contribution in [2.75, 3.05) is 17.6 Å². The van der Waals surface area contributed by atoms with Crippen molar-refractivity contribution in [2.45, 2.75) is 27.2 Å². The molecule has 0 aliphatic rings. The number of allylic oxidation sites excluding steroid dienone is 1. The van der Waals surface area contributed by atoms with Crippen LogP contribution in [0.2, 0.25) is 0 Å². The number of nitrogen functional groups attached to an aromatic ring is 1. The SMILES string of the molecule is CCC(=O)c1sc(NCC=C(C)C)c(C(N)=O)c1N. The summed E-state index contributed by atoms with van der Waals surface area (Å²) in [4.78, 5) is 23.6. The van der Waals surface area contributed by atoms with Gasteiger partial charge in [-0.25, -0.2) is 0 Å². The molecule has 0 radical (unpaired) electrons. The van der Waals surface area contributed by atoms with Crippen molar-refractivity contribution in [1.82, 2.24) is 0 Å². The number of rotatable bonds is 6. The number of hydrogen-bond acceptors (Lipinski definition) is 5. The lowest BCUT2D eigenvalue weighted by atomic mass is 10.1. The fraction of sp³-hybridized carbons (Fsp3) is 0.385. The Hall–Kier alpha value is -1.82. The number of thiophene rings is 1. The van der Waals surface area contributed by atoms with Crippen molar-refractivity contribution in [3.8, 4) is 0 Å². The third-order valence-electron chi connectivity index (χ3n) is 2.54. The van der Waals surface area contributed by atoms with Crippen LogP contribution in [0.25, 0.3) is 0 Å². The Balaban J connectivity index is 3.12. The van der Waals surface area contributed by atoms with E-state index in [-0.39, 0.29) is 17.0 Å². The van der Waals surface area contributed by atoms with Crippen LogP contribution >= 0.6 is 11.3 Å². The lowest BCUT2D eigenvalue weighted by molar-refractivity contribution is 0.0991. The average molecular weight is 281 g/mol. The van der Waals surface area contributed by atoms with E-state index in [1.54, 1.807) is 6.92 Å². The molecule has 1 heterocycles. The summed E-state index contributed by atoms with van der Waals surface area (Å²) in [6.07, 6.45) is 2.32. The van der Waals surface area contributed by atoms with Crippen LogP contribution in [-0.2, 0) is 0 Å². The summed E-state index contributed by atoms with van der Waals surface area (Å²) in [5.74, 6) is -0.705. The fourth-order valence-corrected chi connectivity index (χ4v) is 2.67. The van der Waals surface area contributed by atoms with Gasteiger partial charge in [0.1, 0.15) is 5.00 Å². The Labute approximate surface area is 116 Å². The predicted octanol–water partition coefficient (Wildman–Crippen LogP) is 2.40. The second-order valence-corrected chi connectivity index (χ2v) is 5.37. The van der Waals surface area contributed by atoms with Crippen LogP contribution < -0.4 is 16.8 Å². The Morgan fingerprint density at radius 2 is 2.00 bits per heavy atom. The maximum Gasteiger partial charge on any atom is 0.253 e. The molecule has 19 heavy (non-hydrogen) atoms. The van der Waals surface area contributed by atoms with E-state index in [0.717, 1.165) is 5.57 Å². The Bertz CT molecular complexity index is 528. The van der Waals surface area contributed by atoms with Crippen LogP contribution in [0.1, 0.15) is 47.2 Å². The molecule has 0 aliphatic carbocycles. The first-order valence-corrected chi connectivity index (χ1v) is 6.82. The molecule has 0 atom stereocenters. The van der Waals surface area contributed by atoms with Gasteiger partial charge in [0.05, 0.1) is 16.1 Å². The number of carbonyl (C=O) groups is 2. The molecule has 0 fully saturated rings. The van der Waals surface area contributed by atoms with Gasteiger partial charge in [0.2, 0.25) is 0 Å². The van der Waals surface area contributed by atoms with E-state index in [2.05, 4.69) is 5.32 Å². The first kappa shape index (κ1) is 15.2. The first-order valence-electron chi connectivity index (χ1n) is 6.00. The van der Waals surface area contributed by atoms with Gasteiger partial charge in [-0.1, -0.05) is 18.6 Å². The lowest BCUT2D eigenvalue weighted by Gasteiger charge is -2.03. The van der Waals surface area contributed by atoms with E-state index >= 15 is 0 Å². The quantitative estimate of drug-likeness (QED) is 0.551. The molecule has 1 aromatic heterocycles. The van der Waals surface area contributed by atoms with Gasteiger partial charge in [0.25, 0.3) is 5.91 Å². The zero-order valence-electron chi connectivity index (χ0n) is 11.4. The summed E-state index contributed by atoms with van der Waals surface area (Å²) in [6, 6.07) is 0. The molecule has 1 aromatic rings. The van der Waals surface area contributed by atoms with Crippen LogP contribution in [0.4, 0.5) is 10.7 Å². The number of carbonyl (C=O) groups excluding carboxylic acids is 2. The smallest absolute Gasteiger partial charge is 0.253 e. The molecule has 5 N–H and O–H groups in total. The van der Waals surface area contributed by atoms with Crippen LogP contribution in [-0.4, -0.2) is 18.2 Å². The normalized spacial score (nSPS) is 10.1. The van der Waals surface area contributed by atoms with Crippen LogP contribution in [0.15, 0.2) is 11.6 Å². The largest absolute Gasteiger partial charge is 0.397 e. The van der Waals surface area contributed by atoms with Crippen LogP contribution in [0, 0.1) is 0 Å². The highest BCUT2D eigenvalue weighted by atomic mass is 32.1. The summed E-state index contributed by atoms with van der Waals surface area (Å²) in [6.45, 7) is 6.26. The molecule has 1 rings (SSSR count). The summed E-state index contributed by atoms with van der Waals surface area (Å²) in [5.41, 5.74) is 12.7. The molecule has 104 valence electrons. The minimum Gasteiger partial charge on any atom is -0.397 e. The van der Waals surface area contributed by atoms with E-state index in [4.69, 9.17) is 11.5 Å². The molecular formula is C13H19N3O2S. The Morgan fingerprint density at radius 1 is 1.37 bits per heavy atom. The minimum absolute atomic E-state index is 0.0831. The van der Waals surface area contributed by atoms with Gasteiger partial charge in [-0.05, 0) is 13.8 Å². The van der Waals surface area contributed by atoms with Crippen LogP contribution in [0.5, 0.6) is 0 Å². The van der Waals surface area contributed by atoms with E-state index in [0.29, 0.717) is 22.8 Å². The van der Waals surface area contributed by atoms with Gasteiger partial charge in [-0.2, -0.15) is 0 Å². The number of nitrogens with two attached hydrogens (primary N) is 2. The molecule has 0 bridgehead atoms. The number of hydrogen-bond donors (Lipinski definition) is 3. The van der Waals surface area contributed by atoms with E-state index < -0.39 is 5.91 Å². The van der Waals surface area contributed by atoms with Crippen molar-refractivity contribution in [1.29, 1.82) is 0 Å². The number of anilines is 2. The maximum atomic E-state index is 11.7. The molecule has 5 nitrogen and oxygen atoms in total. The standard InChI is InChI=1S/C13H19N3O2S/c1-4-8(17)11-10(14)9(12(15)18)13(19-11)16-6-5-7(2)3/h5,16H,4,6,14H2,1-3H3,(H2,15,18). The zero-order chi connectivity index (χ0) is 14.6. The third-order valence-corrected chi connectivity index (χ3v) is 3.74. The monoisotopic (exact) mass is 281 g/mol. The molecule has 0 saturated heterocycles. The Kier molecular flexibility index (Phi) is 5.11. The first-order chi connectivity index (χ1) is 8.88. The summed E-state index contributed by atoms with van der Waals surface area (Å²) >= 11 is 1.18. The van der Waals surface area contributed by atoms with Crippen molar-refractivity contribution < 1.29 is 9.59 Å². The molecular weight excluding hydrogens is 262 g/mol. The van der Waals surface area contributed by atoms with Crippen LogP contribution in [0.3, 0.4) is 0 Å². The third kappa shape index (κ3) is 3.57. The number of nitrogens with one attached hydrogen (secondary N) is 1. The van der Waals surface area contributed by atoms with Gasteiger partial charge in [0, 0.05) is 13.0 Å². The molecule has 0 saturated carbocycles. The van der Waals surface area contributed by atoms with Gasteiger partial charge in [-0.3, -0.25) is 9.59 Å². The van der Waals surface area contributed by atoms with Crippen molar-refractivity contribution in [2.24, 2.45) is 5.73 Å². The molecule has 6 heteroatoms. The van der Waals surface area contributed by atoms with Crippen molar-refractivity contribution in [3.63, 3.8) is 0 Å². The van der Waals surface area contributed by atoms with E-state index in [1.165, 1.54) is 11.3 Å². The van der Waals surface area contributed by atoms with E-state index in [1.807, 2.05) is 19.9 Å². The lowest BCUT2D eigenvalue weighted by Crippen LogP contribution is -2.15. The highest BCUT2D eigenvalue weighted by molar-refractivity contribution is 7.19. The molecule has 0 aromatic carbocycles. The van der Waals surface area contributed by atoms with Gasteiger partial charge >= 0.3 is 0 Å². The number of amides is 1. The predicted molar refractivity (Wildman–Crippen MR) is 79.8 cm³/mol. The molecule has 0 aliphatic heterocycles. The summed E-state index contributed by atoms with van der Waals surface area (Å²) < 4.78 is 0. The molecule has 0 spiro atoms. The van der Waals surface area contributed by atoms with E-state index in [9.17, 15) is 9.59 Å². The summed E-state index contributed by atoms with van der Waals surface area (Å²) in [7, 11) is 0. The highest BCUT2D eigenvalue weighted by Gasteiger charge is 2.22. The second kappa shape index (κ2) is 6.38. The minimum atomic E-state index is -0.622. The second-order valence-electron chi connectivity index (χ2n) is 4.35. The number of primary amides is 1. The number of Topliss-reactive ketones (excluding diaryl/α,β-unsaturated/α-hetero) is 1.